The Morgan fingerprint density at radius 1 is 1.13 bits per heavy atom. The van der Waals surface area contributed by atoms with E-state index < -0.39 is 14.9 Å². The Morgan fingerprint density at radius 2 is 1.87 bits per heavy atom. The van der Waals surface area contributed by atoms with Crippen molar-refractivity contribution in [2.24, 2.45) is 4.99 Å². The van der Waals surface area contributed by atoms with Crippen molar-refractivity contribution >= 4 is 21.7 Å². The van der Waals surface area contributed by atoms with Gasteiger partial charge in [0.15, 0.2) is 5.96 Å². The second-order valence-electron chi connectivity index (χ2n) is 6.63. The predicted molar refractivity (Wildman–Crippen MR) is 119 cm³/mol. The van der Waals surface area contributed by atoms with Crippen LogP contribution in [0, 0.1) is 17.0 Å². The monoisotopic (exact) mass is 449 g/mol. The van der Waals surface area contributed by atoms with Crippen LogP contribution in [0.1, 0.15) is 11.1 Å². The number of aliphatic imine (C=N–C) groups is 1. The topological polar surface area (TPSA) is 135 Å². The van der Waals surface area contributed by atoms with Gasteiger partial charge in [0.2, 0.25) is 10.0 Å². The third-order valence-corrected chi connectivity index (χ3v) is 5.91. The van der Waals surface area contributed by atoms with Gasteiger partial charge in [-0.05, 0) is 36.6 Å². The van der Waals surface area contributed by atoms with Crippen molar-refractivity contribution in [2.45, 2.75) is 18.2 Å². The van der Waals surface area contributed by atoms with Gasteiger partial charge in [-0.1, -0.05) is 18.2 Å². The van der Waals surface area contributed by atoms with Crippen LogP contribution in [-0.2, 0) is 16.4 Å². The number of nitro benzene ring substituents is 1. The van der Waals surface area contributed by atoms with Crippen molar-refractivity contribution in [1.29, 1.82) is 0 Å². The molecule has 0 fully saturated rings. The number of guanidine groups is 1. The molecule has 0 radical (unpaired) electrons. The molecule has 31 heavy (non-hydrogen) atoms. The summed E-state index contributed by atoms with van der Waals surface area (Å²) in [6, 6.07) is 11.0. The Morgan fingerprint density at radius 3 is 2.55 bits per heavy atom. The number of rotatable bonds is 10. The van der Waals surface area contributed by atoms with Crippen LogP contribution in [0.3, 0.4) is 0 Å². The molecule has 0 bridgehead atoms. The zero-order chi connectivity index (χ0) is 22.9. The van der Waals surface area contributed by atoms with Gasteiger partial charge in [-0.15, -0.1) is 0 Å². The molecular formula is C20H27N5O5S. The second kappa shape index (κ2) is 11.3. The van der Waals surface area contributed by atoms with Crippen molar-refractivity contribution in [3.05, 3.63) is 63.7 Å². The molecule has 3 N–H and O–H groups in total. The number of hydrogen-bond donors (Lipinski definition) is 3. The number of nitrogens with one attached hydrogen (secondary N) is 3. The SMILES string of the molecule is CN=C(NCCNS(=O)(=O)c1cccc([N+](=O)[O-])c1)NCCc1ccc(C)c(OC)c1. The maximum Gasteiger partial charge on any atom is 0.270 e. The van der Waals surface area contributed by atoms with Crippen LogP contribution in [0.15, 0.2) is 52.4 Å². The summed E-state index contributed by atoms with van der Waals surface area (Å²) < 4.78 is 32.4. The first-order valence-electron chi connectivity index (χ1n) is 9.59. The van der Waals surface area contributed by atoms with Gasteiger partial charge >= 0.3 is 0 Å². The van der Waals surface area contributed by atoms with E-state index >= 15 is 0 Å². The van der Waals surface area contributed by atoms with Gasteiger partial charge in [-0.2, -0.15) is 0 Å². The molecule has 0 atom stereocenters. The van der Waals surface area contributed by atoms with E-state index in [0.29, 0.717) is 12.5 Å². The van der Waals surface area contributed by atoms with Crippen LogP contribution in [0.25, 0.3) is 0 Å². The Kier molecular flexibility index (Phi) is 8.76. The third-order valence-electron chi connectivity index (χ3n) is 4.45. The molecule has 0 saturated carbocycles. The van der Waals surface area contributed by atoms with E-state index in [9.17, 15) is 18.5 Å². The summed E-state index contributed by atoms with van der Waals surface area (Å²) in [5.74, 6) is 1.38. The number of aryl methyl sites for hydroxylation is 1. The van der Waals surface area contributed by atoms with Crippen LogP contribution < -0.4 is 20.1 Å². The van der Waals surface area contributed by atoms with E-state index in [1.165, 1.54) is 18.2 Å². The highest BCUT2D eigenvalue weighted by atomic mass is 32.2. The number of hydrogen-bond acceptors (Lipinski definition) is 6. The molecule has 0 aliphatic heterocycles. The largest absolute Gasteiger partial charge is 0.496 e. The van der Waals surface area contributed by atoms with E-state index in [2.05, 4.69) is 20.3 Å². The van der Waals surface area contributed by atoms with Crippen molar-refractivity contribution in [3.63, 3.8) is 0 Å². The minimum absolute atomic E-state index is 0.0842. The lowest BCUT2D eigenvalue weighted by Crippen LogP contribution is -2.42. The Bertz CT molecular complexity index is 1040. The van der Waals surface area contributed by atoms with Crippen molar-refractivity contribution in [3.8, 4) is 5.75 Å². The van der Waals surface area contributed by atoms with Crippen molar-refractivity contribution in [1.82, 2.24) is 15.4 Å². The Labute approximate surface area is 181 Å². The molecule has 0 aromatic heterocycles. The molecular weight excluding hydrogens is 422 g/mol. The Hall–Kier alpha value is -3.18. The second-order valence-corrected chi connectivity index (χ2v) is 8.40. The van der Waals surface area contributed by atoms with Crippen molar-refractivity contribution < 1.29 is 18.1 Å². The minimum Gasteiger partial charge on any atom is -0.496 e. The number of nitrogens with zero attached hydrogens (tertiary/aromatic N) is 2. The van der Waals surface area contributed by atoms with Gasteiger partial charge in [-0.25, -0.2) is 13.1 Å². The standard InChI is InChI=1S/C20H27N5O5S/c1-15-7-8-16(13-19(15)30-3)9-10-22-20(21-2)23-11-12-24-31(28,29)18-6-4-5-17(14-18)25(26)27/h4-8,13-14,24H,9-12H2,1-3H3,(H2,21,22,23). The van der Waals surface area contributed by atoms with Crippen LogP contribution in [-0.4, -0.2) is 53.1 Å². The molecule has 0 saturated heterocycles. The van der Waals surface area contributed by atoms with E-state index in [1.54, 1.807) is 14.2 Å². The molecule has 0 unspecified atom stereocenters. The summed E-state index contributed by atoms with van der Waals surface area (Å²) in [6.07, 6.45) is 0.761. The molecule has 0 spiro atoms. The average Bonchev–Trinajstić information content (AvgIpc) is 2.76. The lowest BCUT2D eigenvalue weighted by Gasteiger charge is -2.13. The smallest absolute Gasteiger partial charge is 0.270 e. The van der Waals surface area contributed by atoms with Crippen LogP contribution in [0.4, 0.5) is 5.69 Å². The fraction of sp³-hybridized carbons (Fsp3) is 0.350. The summed E-state index contributed by atoms with van der Waals surface area (Å²) in [5, 5.41) is 17.0. The number of ether oxygens (including phenoxy) is 1. The summed E-state index contributed by atoms with van der Waals surface area (Å²) in [4.78, 5) is 14.1. The minimum atomic E-state index is -3.85. The highest BCUT2D eigenvalue weighted by Gasteiger charge is 2.17. The summed E-state index contributed by atoms with van der Waals surface area (Å²) in [7, 11) is -0.586. The molecule has 11 heteroatoms. The summed E-state index contributed by atoms with van der Waals surface area (Å²) >= 11 is 0. The van der Waals surface area contributed by atoms with Crippen LogP contribution in [0.5, 0.6) is 5.75 Å². The van der Waals surface area contributed by atoms with Crippen molar-refractivity contribution in [2.75, 3.05) is 33.8 Å². The van der Waals surface area contributed by atoms with Gasteiger partial charge in [0.05, 0.1) is 16.9 Å². The summed E-state index contributed by atoms with van der Waals surface area (Å²) in [6.45, 7) is 2.98. The van der Waals surface area contributed by atoms with Crippen LogP contribution in [0.2, 0.25) is 0 Å². The number of nitro groups is 1. The van der Waals surface area contributed by atoms with E-state index in [4.69, 9.17) is 4.74 Å². The normalized spacial score (nSPS) is 11.8. The van der Waals surface area contributed by atoms with Gasteiger partial charge < -0.3 is 15.4 Å². The lowest BCUT2D eigenvalue weighted by molar-refractivity contribution is -0.385. The number of sulfonamides is 1. The number of benzene rings is 2. The zero-order valence-electron chi connectivity index (χ0n) is 17.7. The summed E-state index contributed by atoms with van der Waals surface area (Å²) in [5.41, 5.74) is 1.91. The van der Waals surface area contributed by atoms with E-state index in [-0.39, 0.29) is 23.7 Å². The molecule has 2 aromatic rings. The predicted octanol–water partition coefficient (Wildman–Crippen LogP) is 1.60. The highest BCUT2D eigenvalue weighted by molar-refractivity contribution is 7.89. The Balaban J connectivity index is 1.79. The first-order chi connectivity index (χ1) is 14.8. The van der Waals surface area contributed by atoms with Gasteiger partial charge in [0, 0.05) is 38.8 Å². The quantitative estimate of drug-likeness (QED) is 0.165. The molecule has 2 aromatic carbocycles. The number of non-ortho nitro benzene ring substituents is 1. The molecule has 10 nitrogen and oxygen atoms in total. The van der Waals surface area contributed by atoms with Gasteiger partial charge in [0.25, 0.3) is 5.69 Å². The van der Waals surface area contributed by atoms with E-state index in [1.807, 2.05) is 25.1 Å². The van der Waals surface area contributed by atoms with Crippen LogP contribution >= 0.6 is 0 Å². The molecule has 2 rings (SSSR count). The lowest BCUT2D eigenvalue weighted by atomic mass is 10.1. The molecule has 0 heterocycles. The maximum atomic E-state index is 12.3. The maximum absolute atomic E-state index is 12.3. The molecule has 168 valence electrons. The van der Waals surface area contributed by atoms with E-state index in [0.717, 1.165) is 29.4 Å². The van der Waals surface area contributed by atoms with Gasteiger partial charge in [-0.3, -0.25) is 15.1 Å². The van der Waals surface area contributed by atoms with Gasteiger partial charge in [0.1, 0.15) is 5.75 Å². The third kappa shape index (κ3) is 7.23. The molecule has 0 amide bonds. The first-order valence-corrected chi connectivity index (χ1v) is 11.1. The number of methoxy groups -OCH3 is 1. The fourth-order valence-electron chi connectivity index (χ4n) is 2.78. The highest BCUT2D eigenvalue weighted by Crippen LogP contribution is 2.19. The molecule has 0 aliphatic rings. The molecule has 0 aliphatic carbocycles. The first kappa shape index (κ1) is 24.1. The fourth-order valence-corrected chi connectivity index (χ4v) is 3.85. The zero-order valence-corrected chi connectivity index (χ0v) is 18.5. The average molecular weight is 450 g/mol.